The van der Waals surface area contributed by atoms with Gasteiger partial charge in [-0.05, 0) is 148 Å². The Labute approximate surface area is 465 Å². The second-order valence-electron chi connectivity index (χ2n) is 17.2. The zero-order valence-electron chi connectivity index (χ0n) is 46.7. The fraction of sp³-hybridized carbons (Fsp3) is 0.357. The van der Waals surface area contributed by atoms with Gasteiger partial charge in [0.2, 0.25) is 0 Å². The number of anilines is 12. The molecule has 0 aliphatic rings. The highest BCUT2D eigenvalue weighted by molar-refractivity contribution is 5.68. The molecule has 0 saturated heterocycles. The molecule has 28 N–H and O–H groups in total. The number of methoxy groups -OCH3 is 2. The van der Waals surface area contributed by atoms with E-state index in [1.165, 1.54) is 0 Å². The van der Waals surface area contributed by atoms with E-state index in [1.54, 1.807) is 112 Å². The Kier molecular flexibility index (Phi) is 33.8. The summed E-state index contributed by atoms with van der Waals surface area (Å²) in [4.78, 5) is 0. The molecule has 0 aliphatic heterocycles. The lowest BCUT2D eigenvalue weighted by atomic mass is 10.1. The van der Waals surface area contributed by atoms with E-state index >= 15 is 0 Å². The molecule has 79 heavy (non-hydrogen) atoms. The van der Waals surface area contributed by atoms with Crippen molar-refractivity contribution in [2.75, 3.05) is 149 Å². The van der Waals surface area contributed by atoms with E-state index in [9.17, 15) is 0 Å². The summed E-state index contributed by atoms with van der Waals surface area (Å²) in [5, 5.41) is 17.4. The van der Waals surface area contributed by atoms with E-state index in [4.69, 9.17) is 123 Å². The summed E-state index contributed by atoms with van der Waals surface area (Å²) in [5.74, 6) is 3.93. The largest absolute Gasteiger partial charge is 0.495 e. The minimum Gasteiger partial charge on any atom is -0.495 e. The van der Waals surface area contributed by atoms with Crippen LogP contribution >= 0.6 is 0 Å². The zero-order valence-corrected chi connectivity index (χ0v) is 46.7. The van der Waals surface area contributed by atoms with E-state index in [0.29, 0.717) is 150 Å². The van der Waals surface area contributed by atoms with Crippen molar-refractivity contribution in [2.45, 2.75) is 53.1 Å². The Morgan fingerprint density at radius 2 is 0.848 bits per heavy atom. The first-order valence-electron chi connectivity index (χ1n) is 25.3. The summed E-state index contributed by atoms with van der Waals surface area (Å²) in [6.07, 6.45) is 2.49. The molecule has 6 aromatic carbocycles. The van der Waals surface area contributed by atoms with Gasteiger partial charge in [0.15, 0.2) is 0 Å². The first-order valence-corrected chi connectivity index (χ1v) is 25.3. The molecule has 23 nitrogen and oxygen atoms in total. The monoisotopic (exact) mass is 1100 g/mol. The van der Waals surface area contributed by atoms with Crippen LogP contribution in [-0.2, 0) is 9.47 Å². The molecule has 0 spiro atoms. The van der Waals surface area contributed by atoms with E-state index < -0.39 is 6.10 Å². The van der Waals surface area contributed by atoms with Crippen LogP contribution in [0.25, 0.3) is 0 Å². The Balaban J connectivity index is 0.000000478. The maximum absolute atomic E-state index is 8.97. The molecule has 0 saturated carbocycles. The molecule has 0 aliphatic carbocycles. The third-order valence-electron chi connectivity index (χ3n) is 10.3. The summed E-state index contributed by atoms with van der Waals surface area (Å²) in [7, 11) is 3.18. The van der Waals surface area contributed by atoms with Crippen LogP contribution in [0.4, 0.5) is 68.2 Å². The average Bonchev–Trinajstić information content (AvgIpc) is 3.39. The van der Waals surface area contributed by atoms with E-state index in [0.717, 1.165) is 36.1 Å². The van der Waals surface area contributed by atoms with Crippen molar-refractivity contribution in [3.8, 4) is 34.5 Å². The topological polar surface area (TPSA) is 453 Å². The van der Waals surface area contributed by atoms with Gasteiger partial charge < -0.3 is 123 Å². The number of unbranched alkanes of at least 4 members (excludes halogenated alkanes) is 1. The van der Waals surface area contributed by atoms with E-state index in [2.05, 4.69) is 6.92 Å². The molecule has 0 aromatic heterocycles. The molecule has 0 radical (unpaired) electrons. The highest BCUT2D eigenvalue weighted by atomic mass is 16.5. The van der Waals surface area contributed by atoms with E-state index in [1.807, 2.05) is 19.9 Å². The molecule has 6 aromatic rings. The van der Waals surface area contributed by atoms with Crippen LogP contribution in [0.15, 0.2) is 97.1 Å². The van der Waals surface area contributed by atoms with Crippen molar-refractivity contribution >= 4 is 68.2 Å². The van der Waals surface area contributed by atoms with Gasteiger partial charge in [-0.25, -0.2) is 0 Å². The highest BCUT2D eigenvalue weighted by Gasteiger charge is 2.07. The maximum Gasteiger partial charge on any atom is 0.144 e. The van der Waals surface area contributed by atoms with Gasteiger partial charge in [0.05, 0.1) is 101 Å². The quantitative estimate of drug-likeness (QED) is 0.0281. The Hall–Kier alpha value is -8.48. The number of ether oxygens (including phenoxy) is 8. The Morgan fingerprint density at radius 1 is 0.443 bits per heavy atom. The minimum absolute atomic E-state index is 0.0273. The van der Waals surface area contributed by atoms with E-state index in [-0.39, 0.29) is 13.2 Å². The number of rotatable bonds is 22. The first-order chi connectivity index (χ1) is 37.6. The predicted octanol–water partition coefficient (Wildman–Crippen LogP) is 5.81. The minimum atomic E-state index is -0.503. The zero-order chi connectivity index (χ0) is 59.3. The summed E-state index contributed by atoms with van der Waals surface area (Å²) in [6.45, 7) is 11.9. The number of aliphatic hydroxyl groups is 2. The van der Waals surface area contributed by atoms with Crippen LogP contribution in [0.1, 0.15) is 44.2 Å². The van der Waals surface area contributed by atoms with Crippen molar-refractivity contribution in [1.82, 2.24) is 0 Å². The van der Waals surface area contributed by atoms with Gasteiger partial charge in [0.1, 0.15) is 47.7 Å². The molecule has 0 fully saturated rings. The summed E-state index contributed by atoms with van der Waals surface area (Å²) in [6, 6.07) is 27.7. The third kappa shape index (κ3) is 28.5. The number of nitrogens with two attached hydrogens (primary N) is 13. The van der Waals surface area contributed by atoms with Crippen LogP contribution in [0, 0.1) is 13.8 Å². The van der Waals surface area contributed by atoms with Gasteiger partial charge in [-0.15, -0.1) is 0 Å². The number of aliphatic hydroxyl groups excluding tert-OH is 2. The average molecular weight is 1100 g/mol. The van der Waals surface area contributed by atoms with Crippen LogP contribution in [-0.4, -0.2) is 96.5 Å². The number of hydrogen-bond donors (Lipinski definition) is 15. The normalized spacial score (nSPS) is 10.4. The van der Waals surface area contributed by atoms with Gasteiger partial charge in [-0.2, -0.15) is 0 Å². The molecule has 0 heterocycles. The Bertz CT molecular complexity index is 2570. The van der Waals surface area contributed by atoms with Gasteiger partial charge in [-0.1, -0.05) is 13.3 Å². The molecular weight excluding hydrogens is 1010 g/mol. The Morgan fingerprint density at radius 3 is 1.24 bits per heavy atom. The summed E-state index contributed by atoms with van der Waals surface area (Å²) >= 11 is 0. The van der Waals surface area contributed by atoms with Gasteiger partial charge in [0.25, 0.3) is 0 Å². The lowest BCUT2D eigenvalue weighted by Gasteiger charge is -2.10. The molecule has 1 unspecified atom stereocenters. The van der Waals surface area contributed by atoms with Gasteiger partial charge >= 0.3 is 0 Å². The SMILES string of the molecule is CC(O)COc1ccc(N)cc1N.CCCCOc1ccc(N)cc1N.COc1c(C)cc(N)cc1N.COc1ccc(N)c(C)c1N.NCCCOc1ccc(N)cc1N.Nc1ccc(OCCOCCOCCO)c(N)c1. The second kappa shape index (κ2) is 39.0. The summed E-state index contributed by atoms with van der Waals surface area (Å²) < 4.78 is 41.8. The first kappa shape index (κ1) is 68.5. The fourth-order valence-corrected chi connectivity index (χ4v) is 6.20. The second-order valence-corrected chi connectivity index (χ2v) is 17.2. The molecule has 0 bridgehead atoms. The molecular formula is C56H89N13O10. The summed E-state index contributed by atoms with van der Waals surface area (Å²) in [5.41, 5.74) is 81.8. The highest BCUT2D eigenvalue weighted by Crippen LogP contribution is 2.30. The third-order valence-corrected chi connectivity index (χ3v) is 10.3. The van der Waals surface area contributed by atoms with Gasteiger partial charge in [-0.3, -0.25) is 0 Å². The molecule has 438 valence electrons. The lowest BCUT2D eigenvalue weighted by molar-refractivity contribution is 0.0248. The van der Waals surface area contributed by atoms with Crippen molar-refractivity contribution in [2.24, 2.45) is 5.73 Å². The van der Waals surface area contributed by atoms with Crippen molar-refractivity contribution < 1.29 is 48.1 Å². The number of hydrogen-bond acceptors (Lipinski definition) is 23. The number of aryl methyl sites for hydroxylation is 1. The van der Waals surface area contributed by atoms with Crippen LogP contribution in [0.2, 0.25) is 0 Å². The fourth-order valence-electron chi connectivity index (χ4n) is 6.20. The molecule has 1 atom stereocenters. The van der Waals surface area contributed by atoms with Gasteiger partial charge in [0, 0.05) is 34.1 Å². The van der Waals surface area contributed by atoms with Crippen molar-refractivity contribution in [3.63, 3.8) is 0 Å². The smallest absolute Gasteiger partial charge is 0.144 e. The molecule has 0 amide bonds. The van der Waals surface area contributed by atoms with Crippen LogP contribution in [0.3, 0.4) is 0 Å². The standard InChI is InChI=1S/C12H20N2O4.C10H16N2O.C9H15N3O.C9H14N2O2.2C8H12N2O/c13-10-1-2-12(11(14)9-10)18-8-7-17-6-5-16-4-3-15;1-2-3-6-13-10-5-4-8(11)7-9(10)12;10-4-1-5-13-9-3-2-7(11)6-8(9)12;1-6(12)5-13-9-3-2-7(10)4-8(9)11;1-5-3-6(9)4-7(10)8(5)11-2;1-5-6(9)3-4-7(11-2)8(5)10/h1-2,9,15H,3-8,13-14H2;4-5,7H,2-3,6,11-12H2,1H3;2-3,6H,1,4-5,10-12H2;2-4,6,12H,5,10-11H2,1H3;2*3-4H,9-10H2,1-2H3. The molecule has 23 heteroatoms. The maximum atomic E-state index is 8.97. The van der Waals surface area contributed by atoms with Crippen molar-refractivity contribution in [1.29, 1.82) is 0 Å². The van der Waals surface area contributed by atoms with Crippen LogP contribution in [0.5, 0.6) is 34.5 Å². The lowest BCUT2D eigenvalue weighted by Crippen LogP contribution is -2.13. The molecule has 6 rings (SSSR count). The predicted molar refractivity (Wildman–Crippen MR) is 325 cm³/mol. The van der Waals surface area contributed by atoms with Crippen LogP contribution < -0.4 is 103 Å². The number of benzene rings is 6. The van der Waals surface area contributed by atoms with Crippen molar-refractivity contribution in [3.05, 3.63) is 108 Å². The number of nitrogen functional groups attached to an aromatic ring is 12.